The largest absolute Gasteiger partial charge is 0.384 e. The van der Waals surface area contributed by atoms with Crippen molar-refractivity contribution < 1.29 is 9.90 Å². The summed E-state index contributed by atoms with van der Waals surface area (Å²) in [4.78, 5) is 13.8. The van der Waals surface area contributed by atoms with E-state index in [2.05, 4.69) is 11.8 Å². The summed E-state index contributed by atoms with van der Waals surface area (Å²) >= 11 is 6.05. The van der Waals surface area contributed by atoms with Gasteiger partial charge in [0, 0.05) is 24.2 Å². The van der Waals surface area contributed by atoms with E-state index in [9.17, 15) is 4.79 Å². The Bertz CT molecular complexity index is 484. The molecule has 18 heavy (non-hydrogen) atoms. The lowest BCUT2D eigenvalue weighted by atomic mass is 10.1. The van der Waals surface area contributed by atoms with Gasteiger partial charge in [-0.25, -0.2) is 0 Å². The molecule has 0 saturated carbocycles. The van der Waals surface area contributed by atoms with Crippen molar-refractivity contribution >= 4 is 17.5 Å². The highest BCUT2D eigenvalue weighted by Gasteiger charge is 2.13. The number of hydrogen-bond acceptors (Lipinski definition) is 2. The maximum absolute atomic E-state index is 12.1. The third-order valence-corrected chi connectivity index (χ3v) is 2.88. The van der Waals surface area contributed by atoms with Crippen LogP contribution in [0.3, 0.4) is 0 Å². The molecule has 0 spiro atoms. The number of carbonyl (C=O) groups is 1. The van der Waals surface area contributed by atoms with Crippen molar-refractivity contribution in [2.24, 2.45) is 0 Å². The summed E-state index contributed by atoms with van der Waals surface area (Å²) in [5.74, 6) is 5.22. The van der Waals surface area contributed by atoms with Crippen molar-refractivity contribution in [2.75, 3.05) is 19.7 Å². The lowest BCUT2D eigenvalue weighted by Gasteiger charge is -2.18. The van der Waals surface area contributed by atoms with E-state index in [-0.39, 0.29) is 12.5 Å². The third kappa shape index (κ3) is 3.49. The fourth-order valence-corrected chi connectivity index (χ4v) is 1.81. The number of rotatable bonds is 3. The molecule has 1 aromatic carbocycles. The van der Waals surface area contributed by atoms with Gasteiger partial charge in [-0.1, -0.05) is 23.4 Å². The van der Waals surface area contributed by atoms with Crippen LogP contribution < -0.4 is 0 Å². The maximum atomic E-state index is 12.1. The lowest BCUT2D eigenvalue weighted by molar-refractivity contribution is 0.0773. The van der Waals surface area contributed by atoms with E-state index in [1.165, 1.54) is 0 Å². The van der Waals surface area contributed by atoms with Crippen LogP contribution in [-0.4, -0.2) is 35.6 Å². The second-order valence-electron chi connectivity index (χ2n) is 3.63. The summed E-state index contributed by atoms with van der Waals surface area (Å²) in [6.45, 7) is 4.99. The van der Waals surface area contributed by atoms with E-state index in [0.29, 0.717) is 29.2 Å². The average Bonchev–Trinajstić information content (AvgIpc) is 2.38. The summed E-state index contributed by atoms with van der Waals surface area (Å²) in [6.07, 6.45) is 0. The topological polar surface area (TPSA) is 40.5 Å². The Hall–Kier alpha value is -1.50. The Balaban J connectivity index is 3.00. The molecule has 0 atom stereocenters. The molecule has 1 aromatic rings. The minimum Gasteiger partial charge on any atom is -0.384 e. The minimum absolute atomic E-state index is 0.0384. The first kappa shape index (κ1) is 14.6. The van der Waals surface area contributed by atoms with E-state index in [1.807, 2.05) is 13.8 Å². The van der Waals surface area contributed by atoms with Crippen LogP contribution in [0.1, 0.15) is 29.8 Å². The number of amides is 1. The number of benzene rings is 1. The number of carbonyl (C=O) groups excluding carboxylic acids is 1. The number of aliphatic hydroxyl groups is 1. The van der Waals surface area contributed by atoms with Gasteiger partial charge in [-0.2, -0.15) is 0 Å². The fraction of sp³-hybridized carbons (Fsp3) is 0.357. The van der Waals surface area contributed by atoms with Crippen molar-refractivity contribution in [3.8, 4) is 11.8 Å². The van der Waals surface area contributed by atoms with Gasteiger partial charge in [-0.05, 0) is 32.0 Å². The Morgan fingerprint density at radius 1 is 1.39 bits per heavy atom. The van der Waals surface area contributed by atoms with Crippen molar-refractivity contribution in [1.29, 1.82) is 0 Å². The van der Waals surface area contributed by atoms with Crippen LogP contribution in [0.15, 0.2) is 18.2 Å². The number of nitrogens with zero attached hydrogens (tertiary/aromatic N) is 1. The van der Waals surface area contributed by atoms with Gasteiger partial charge in [-0.15, -0.1) is 0 Å². The zero-order chi connectivity index (χ0) is 13.5. The Morgan fingerprint density at radius 3 is 2.56 bits per heavy atom. The normalized spacial score (nSPS) is 9.56. The van der Waals surface area contributed by atoms with E-state index in [0.717, 1.165) is 0 Å². The molecule has 0 aliphatic heterocycles. The van der Waals surface area contributed by atoms with Gasteiger partial charge in [0.1, 0.15) is 6.61 Å². The van der Waals surface area contributed by atoms with E-state index in [1.54, 1.807) is 23.1 Å². The predicted octanol–water partition coefficient (Wildman–Crippen LogP) is 2.17. The summed E-state index contributed by atoms with van der Waals surface area (Å²) in [7, 11) is 0. The summed E-state index contributed by atoms with van der Waals surface area (Å²) < 4.78 is 0. The molecule has 1 rings (SSSR count). The molecule has 0 radical (unpaired) electrons. The highest BCUT2D eigenvalue weighted by Crippen LogP contribution is 2.18. The van der Waals surface area contributed by atoms with Crippen LogP contribution in [0.5, 0.6) is 0 Å². The molecule has 1 amide bonds. The highest BCUT2D eigenvalue weighted by atomic mass is 35.5. The van der Waals surface area contributed by atoms with Gasteiger partial charge < -0.3 is 10.0 Å². The smallest absolute Gasteiger partial charge is 0.253 e. The van der Waals surface area contributed by atoms with Crippen LogP contribution in [0, 0.1) is 11.8 Å². The van der Waals surface area contributed by atoms with Crippen molar-refractivity contribution in [3.63, 3.8) is 0 Å². The zero-order valence-electron chi connectivity index (χ0n) is 10.5. The summed E-state index contributed by atoms with van der Waals surface area (Å²) in [5, 5.41) is 9.05. The second kappa shape index (κ2) is 7.05. The van der Waals surface area contributed by atoms with Crippen molar-refractivity contribution in [1.82, 2.24) is 4.90 Å². The van der Waals surface area contributed by atoms with Crippen LogP contribution in [-0.2, 0) is 0 Å². The van der Waals surface area contributed by atoms with Gasteiger partial charge in [0.2, 0.25) is 0 Å². The van der Waals surface area contributed by atoms with Crippen LogP contribution in [0.2, 0.25) is 5.02 Å². The highest BCUT2D eigenvalue weighted by molar-refractivity contribution is 6.32. The molecule has 0 unspecified atom stereocenters. The first-order valence-electron chi connectivity index (χ1n) is 5.82. The van der Waals surface area contributed by atoms with E-state index < -0.39 is 0 Å². The lowest BCUT2D eigenvalue weighted by Crippen LogP contribution is -2.30. The molecule has 1 N–H and O–H groups in total. The monoisotopic (exact) mass is 265 g/mol. The molecule has 0 aliphatic rings. The molecule has 0 fully saturated rings. The molecular formula is C14H16ClNO2. The summed E-state index contributed by atoms with van der Waals surface area (Å²) in [5.41, 5.74) is 1.17. The maximum Gasteiger partial charge on any atom is 0.253 e. The number of halogens is 1. The fourth-order valence-electron chi connectivity index (χ4n) is 1.58. The van der Waals surface area contributed by atoms with Gasteiger partial charge >= 0.3 is 0 Å². The molecule has 0 bridgehead atoms. The Labute approximate surface area is 112 Å². The molecular weight excluding hydrogens is 250 g/mol. The zero-order valence-corrected chi connectivity index (χ0v) is 11.3. The molecule has 0 heterocycles. The van der Waals surface area contributed by atoms with Crippen molar-refractivity contribution in [2.45, 2.75) is 13.8 Å². The van der Waals surface area contributed by atoms with Gasteiger partial charge in [-0.3, -0.25) is 4.79 Å². The number of aliphatic hydroxyl groups excluding tert-OH is 1. The van der Waals surface area contributed by atoms with Gasteiger partial charge in [0.25, 0.3) is 5.91 Å². The number of hydrogen-bond donors (Lipinski definition) is 1. The first-order chi connectivity index (χ1) is 8.63. The SMILES string of the molecule is CCN(CC)C(=O)c1ccc(C#CCO)c(Cl)c1. The van der Waals surface area contributed by atoms with Crippen LogP contribution >= 0.6 is 11.6 Å². The predicted molar refractivity (Wildman–Crippen MR) is 72.7 cm³/mol. The van der Waals surface area contributed by atoms with Gasteiger partial charge in [0.15, 0.2) is 0 Å². The molecule has 3 nitrogen and oxygen atoms in total. The molecule has 0 aromatic heterocycles. The standard InChI is InChI=1S/C14H16ClNO2/c1-3-16(4-2)14(18)12-8-7-11(6-5-9-17)13(15)10-12/h7-8,10,17H,3-4,9H2,1-2H3. The molecule has 0 aliphatic carbocycles. The Morgan fingerprint density at radius 2 is 2.06 bits per heavy atom. The summed E-state index contributed by atoms with van der Waals surface area (Å²) in [6, 6.07) is 5.01. The Kier molecular flexibility index (Phi) is 5.70. The van der Waals surface area contributed by atoms with Crippen LogP contribution in [0.25, 0.3) is 0 Å². The van der Waals surface area contributed by atoms with Gasteiger partial charge in [0.05, 0.1) is 5.02 Å². The van der Waals surface area contributed by atoms with E-state index >= 15 is 0 Å². The van der Waals surface area contributed by atoms with Crippen LogP contribution in [0.4, 0.5) is 0 Å². The first-order valence-corrected chi connectivity index (χ1v) is 6.20. The van der Waals surface area contributed by atoms with E-state index in [4.69, 9.17) is 16.7 Å². The average molecular weight is 266 g/mol. The molecule has 4 heteroatoms. The molecule has 96 valence electrons. The third-order valence-electron chi connectivity index (χ3n) is 2.57. The second-order valence-corrected chi connectivity index (χ2v) is 4.04. The van der Waals surface area contributed by atoms with Crippen molar-refractivity contribution in [3.05, 3.63) is 34.3 Å². The quantitative estimate of drug-likeness (QED) is 0.851. The molecule has 0 saturated heterocycles. The minimum atomic E-state index is -0.212.